The van der Waals surface area contributed by atoms with Gasteiger partial charge in [0.2, 0.25) is 0 Å². The molecule has 116 valence electrons. The lowest BCUT2D eigenvalue weighted by atomic mass is 10.1. The number of aryl methyl sites for hydroxylation is 1. The molecule has 20 heavy (non-hydrogen) atoms. The van der Waals surface area contributed by atoms with E-state index >= 15 is 0 Å². The van der Waals surface area contributed by atoms with Crippen molar-refractivity contribution in [1.29, 1.82) is 0 Å². The predicted octanol–water partition coefficient (Wildman–Crippen LogP) is 6.30. The Labute approximate surface area is 132 Å². The zero-order chi connectivity index (χ0) is 15.8. The van der Waals surface area contributed by atoms with Crippen molar-refractivity contribution in [3.63, 3.8) is 0 Å². The molecule has 1 aromatic heterocycles. The van der Waals surface area contributed by atoms with Gasteiger partial charge in [-0.3, -0.25) is 4.98 Å². The van der Waals surface area contributed by atoms with Crippen molar-refractivity contribution in [2.45, 2.75) is 73.0 Å². The minimum absolute atomic E-state index is 0.801. The summed E-state index contributed by atoms with van der Waals surface area (Å²) in [4.78, 5) is 4.15. The molecule has 0 N–H and O–H groups in total. The average molecular weight is 296 g/mol. The van der Waals surface area contributed by atoms with Crippen LogP contribution in [0.25, 0.3) is 0 Å². The first kappa shape index (κ1) is 21.5. The van der Waals surface area contributed by atoms with E-state index in [9.17, 15) is 0 Å². The summed E-state index contributed by atoms with van der Waals surface area (Å²) < 4.78 is 0. The Morgan fingerprint density at radius 1 is 1.10 bits per heavy atom. The highest BCUT2D eigenvalue weighted by molar-refractivity contribution is 7.79. The van der Waals surface area contributed by atoms with Crippen molar-refractivity contribution in [1.82, 2.24) is 4.98 Å². The highest BCUT2D eigenvalue weighted by Crippen LogP contribution is 2.11. The van der Waals surface area contributed by atoms with Gasteiger partial charge in [-0.25, -0.2) is 0 Å². The van der Waals surface area contributed by atoms with Gasteiger partial charge in [0.25, 0.3) is 0 Å². The van der Waals surface area contributed by atoms with Crippen LogP contribution in [0, 0.1) is 13.8 Å². The molecule has 0 saturated carbocycles. The standard InChI is InChI=1S/C8H11NS.C6H12.C4H10/c1-6-7(2)9-4-3-8(6)5-10;1-3-5-6-4-2;1-3-4-2/h3-4,10H,5H2,1-2H3;3,5H,4,6H2,1-2H3;3-4H2,1-2H3/b;5-3+;. The Morgan fingerprint density at radius 3 is 2.00 bits per heavy atom. The quantitative estimate of drug-likeness (QED) is 0.508. The summed E-state index contributed by atoms with van der Waals surface area (Å²) in [6, 6.07) is 2.01. The van der Waals surface area contributed by atoms with Gasteiger partial charge in [-0.1, -0.05) is 52.2 Å². The van der Waals surface area contributed by atoms with E-state index in [1.165, 1.54) is 36.8 Å². The first-order valence-electron chi connectivity index (χ1n) is 7.71. The molecule has 1 rings (SSSR count). The Hall–Kier alpha value is -0.760. The van der Waals surface area contributed by atoms with Crippen molar-refractivity contribution in [3.05, 3.63) is 41.2 Å². The van der Waals surface area contributed by atoms with Gasteiger partial charge in [0.05, 0.1) is 0 Å². The summed E-state index contributed by atoms with van der Waals surface area (Å²) in [5.74, 6) is 0.801. The summed E-state index contributed by atoms with van der Waals surface area (Å²) in [6.45, 7) is 12.7. The van der Waals surface area contributed by atoms with E-state index in [4.69, 9.17) is 0 Å². The number of thiol groups is 1. The highest BCUT2D eigenvalue weighted by Gasteiger charge is 1.97. The van der Waals surface area contributed by atoms with Gasteiger partial charge in [-0.15, -0.1) is 0 Å². The number of hydrogen-bond donors (Lipinski definition) is 1. The lowest BCUT2D eigenvalue weighted by Gasteiger charge is -2.02. The molecule has 0 atom stereocenters. The molecule has 0 aliphatic heterocycles. The monoisotopic (exact) mass is 295 g/mol. The van der Waals surface area contributed by atoms with Gasteiger partial charge < -0.3 is 0 Å². The lowest BCUT2D eigenvalue weighted by Crippen LogP contribution is -1.90. The first-order chi connectivity index (χ1) is 9.58. The third kappa shape index (κ3) is 12.3. The second-order valence-corrected chi connectivity index (χ2v) is 5.01. The lowest BCUT2D eigenvalue weighted by molar-refractivity contribution is 0.886. The van der Waals surface area contributed by atoms with Crippen LogP contribution < -0.4 is 0 Å². The second-order valence-electron chi connectivity index (χ2n) is 4.70. The Bertz CT molecular complexity index is 343. The molecule has 0 amide bonds. The third-order valence-corrected chi connectivity index (χ3v) is 3.27. The molecule has 0 aliphatic rings. The number of nitrogens with zero attached hydrogens (tertiary/aromatic N) is 1. The van der Waals surface area contributed by atoms with Crippen LogP contribution in [-0.4, -0.2) is 4.98 Å². The van der Waals surface area contributed by atoms with Crippen LogP contribution in [0.4, 0.5) is 0 Å². The Kier molecular flexibility index (Phi) is 17.5. The van der Waals surface area contributed by atoms with Gasteiger partial charge >= 0.3 is 0 Å². The summed E-state index contributed by atoms with van der Waals surface area (Å²) >= 11 is 4.20. The van der Waals surface area contributed by atoms with E-state index in [-0.39, 0.29) is 0 Å². The van der Waals surface area contributed by atoms with Crippen molar-refractivity contribution < 1.29 is 0 Å². The largest absolute Gasteiger partial charge is 0.261 e. The molecule has 0 saturated heterocycles. The van der Waals surface area contributed by atoms with E-state index in [1.54, 1.807) is 0 Å². The molecule has 0 aliphatic carbocycles. The average Bonchev–Trinajstić information content (AvgIpc) is 2.49. The van der Waals surface area contributed by atoms with Crippen LogP contribution in [0.1, 0.15) is 70.2 Å². The van der Waals surface area contributed by atoms with Crippen LogP contribution in [0.3, 0.4) is 0 Å². The fourth-order valence-electron chi connectivity index (χ4n) is 1.20. The number of aromatic nitrogens is 1. The number of pyridine rings is 1. The molecule has 0 bridgehead atoms. The Balaban J connectivity index is 0. The zero-order valence-corrected chi connectivity index (χ0v) is 15.1. The molecular formula is C18H33NS. The summed E-state index contributed by atoms with van der Waals surface area (Å²) in [6.07, 6.45) is 11.2. The topological polar surface area (TPSA) is 12.9 Å². The zero-order valence-electron chi connectivity index (χ0n) is 14.2. The van der Waals surface area contributed by atoms with E-state index in [0.29, 0.717) is 0 Å². The molecule has 1 aromatic rings. The van der Waals surface area contributed by atoms with E-state index < -0.39 is 0 Å². The van der Waals surface area contributed by atoms with Gasteiger partial charge in [-0.05, 0) is 44.4 Å². The number of unbranched alkanes of at least 4 members (excludes halogenated alkanes) is 2. The van der Waals surface area contributed by atoms with E-state index in [2.05, 4.69) is 64.4 Å². The minimum atomic E-state index is 0.801. The molecular weight excluding hydrogens is 262 g/mol. The van der Waals surface area contributed by atoms with Crippen LogP contribution in [0.2, 0.25) is 0 Å². The molecule has 0 spiro atoms. The van der Waals surface area contributed by atoms with Gasteiger partial charge in [-0.2, -0.15) is 12.6 Å². The first-order valence-corrected chi connectivity index (χ1v) is 8.35. The van der Waals surface area contributed by atoms with Crippen molar-refractivity contribution in [2.24, 2.45) is 0 Å². The predicted molar refractivity (Wildman–Crippen MR) is 96.7 cm³/mol. The molecule has 2 heteroatoms. The Morgan fingerprint density at radius 2 is 1.70 bits per heavy atom. The summed E-state index contributed by atoms with van der Waals surface area (Å²) in [5, 5.41) is 0. The summed E-state index contributed by atoms with van der Waals surface area (Å²) in [7, 11) is 0. The second kappa shape index (κ2) is 16.3. The third-order valence-electron chi connectivity index (χ3n) is 2.93. The number of hydrogen-bond acceptors (Lipinski definition) is 2. The molecule has 0 aromatic carbocycles. The summed E-state index contributed by atoms with van der Waals surface area (Å²) in [5.41, 5.74) is 3.64. The molecule has 0 radical (unpaired) electrons. The molecule has 1 nitrogen and oxygen atoms in total. The molecule has 0 unspecified atom stereocenters. The van der Waals surface area contributed by atoms with Crippen molar-refractivity contribution in [2.75, 3.05) is 0 Å². The van der Waals surface area contributed by atoms with Crippen LogP contribution >= 0.6 is 12.6 Å². The fourth-order valence-corrected chi connectivity index (χ4v) is 1.54. The minimum Gasteiger partial charge on any atom is -0.261 e. The fraction of sp³-hybridized carbons (Fsp3) is 0.611. The normalized spacial score (nSPS) is 9.55. The SMILES string of the molecule is C/C=C/CCC.CCCC.Cc1nccc(CS)c1C. The van der Waals surface area contributed by atoms with Gasteiger partial charge in [0.1, 0.15) is 0 Å². The highest BCUT2D eigenvalue weighted by atomic mass is 32.1. The van der Waals surface area contributed by atoms with E-state index in [0.717, 1.165) is 11.4 Å². The van der Waals surface area contributed by atoms with Crippen molar-refractivity contribution in [3.8, 4) is 0 Å². The van der Waals surface area contributed by atoms with Crippen LogP contribution in [0.5, 0.6) is 0 Å². The molecule has 0 fully saturated rings. The number of allylic oxidation sites excluding steroid dienone is 2. The van der Waals surface area contributed by atoms with E-state index in [1.807, 2.05) is 19.2 Å². The maximum Gasteiger partial charge on any atom is 0.0404 e. The number of rotatable bonds is 4. The van der Waals surface area contributed by atoms with Gasteiger partial charge in [0.15, 0.2) is 0 Å². The van der Waals surface area contributed by atoms with Crippen molar-refractivity contribution >= 4 is 12.6 Å². The van der Waals surface area contributed by atoms with Crippen LogP contribution in [0.15, 0.2) is 24.4 Å². The molecule has 1 heterocycles. The van der Waals surface area contributed by atoms with Crippen LogP contribution in [-0.2, 0) is 5.75 Å². The smallest absolute Gasteiger partial charge is 0.0404 e. The maximum atomic E-state index is 4.20. The van der Waals surface area contributed by atoms with Gasteiger partial charge in [0, 0.05) is 17.6 Å². The maximum absolute atomic E-state index is 4.20.